The second kappa shape index (κ2) is 11.7. The first-order chi connectivity index (χ1) is 12.9. The van der Waals surface area contributed by atoms with E-state index in [4.69, 9.17) is 4.74 Å². The topological polar surface area (TPSA) is 51.0 Å². The van der Waals surface area contributed by atoms with Crippen molar-refractivity contribution in [2.45, 2.75) is 26.6 Å². The molecule has 1 aromatic heterocycles. The molecule has 2 rings (SSSR count). The standard InChI is InChI=1S/C19H26F2N4O2.HI/c1-5-22-19(25(3)13-15-7-6-10-24(15)2)23-12-14-8-9-16(26-4)17(11-14)27-18(20)21;/h6-11,18H,5,12-13H2,1-4H3,(H,22,23);1H. The molecule has 9 heteroatoms. The highest BCUT2D eigenvalue weighted by molar-refractivity contribution is 14.0. The Morgan fingerprint density at radius 1 is 1.29 bits per heavy atom. The number of rotatable bonds is 8. The van der Waals surface area contributed by atoms with Gasteiger partial charge in [-0.25, -0.2) is 4.99 Å². The third kappa shape index (κ3) is 6.84. The van der Waals surface area contributed by atoms with Gasteiger partial charge in [0.15, 0.2) is 17.5 Å². The summed E-state index contributed by atoms with van der Waals surface area (Å²) in [5.41, 5.74) is 1.90. The van der Waals surface area contributed by atoms with Crippen LogP contribution in [-0.2, 0) is 20.1 Å². The molecular formula is C19H27F2IN4O2. The van der Waals surface area contributed by atoms with Gasteiger partial charge in [-0.15, -0.1) is 24.0 Å². The van der Waals surface area contributed by atoms with Crippen molar-refractivity contribution in [2.24, 2.45) is 12.0 Å². The van der Waals surface area contributed by atoms with Crippen LogP contribution in [0.3, 0.4) is 0 Å². The minimum absolute atomic E-state index is 0. The van der Waals surface area contributed by atoms with Crippen LogP contribution in [-0.4, -0.2) is 42.7 Å². The number of alkyl halides is 2. The first kappa shape index (κ1) is 24.0. The molecule has 0 aliphatic carbocycles. The Balaban J connectivity index is 0.00000392. The Hall–Kier alpha value is -2.04. The number of hydrogen-bond donors (Lipinski definition) is 1. The molecule has 0 unspecified atom stereocenters. The van der Waals surface area contributed by atoms with Crippen molar-refractivity contribution < 1.29 is 18.3 Å². The molecule has 0 bridgehead atoms. The lowest BCUT2D eigenvalue weighted by Crippen LogP contribution is -2.38. The van der Waals surface area contributed by atoms with Gasteiger partial charge in [-0.1, -0.05) is 6.07 Å². The molecule has 0 saturated heterocycles. The molecule has 0 fully saturated rings. The molecular weight excluding hydrogens is 481 g/mol. The second-order valence-corrected chi connectivity index (χ2v) is 6.00. The van der Waals surface area contributed by atoms with Gasteiger partial charge in [0.2, 0.25) is 0 Å². The number of hydrogen-bond acceptors (Lipinski definition) is 3. The van der Waals surface area contributed by atoms with Crippen molar-refractivity contribution in [3.8, 4) is 11.5 Å². The van der Waals surface area contributed by atoms with Gasteiger partial charge in [-0.3, -0.25) is 0 Å². The zero-order chi connectivity index (χ0) is 19.8. The fourth-order valence-corrected chi connectivity index (χ4v) is 2.62. The minimum Gasteiger partial charge on any atom is -0.493 e. The Labute approximate surface area is 181 Å². The summed E-state index contributed by atoms with van der Waals surface area (Å²) in [6.07, 6.45) is 2.00. The van der Waals surface area contributed by atoms with Crippen LogP contribution in [0.5, 0.6) is 11.5 Å². The van der Waals surface area contributed by atoms with Crippen molar-refractivity contribution in [2.75, 3.05) is 20.7 Å². The number of aliphatic imine (C=N–C) groups is 1. The number of nitrogens with one attached hydrogen (secondary N) is 1. The van der Waals surface area contributed by atoms with Crippen molar-refractivity contribution in [3.05, 3.63) is 47.8 Å². The van der Waals surface area contributed by atoms with Crippen LogP contribution in [0.25, 0.3) is 0 Å². The number of aryl methyl sites for hydroxylation is 1. The van der Waals surface area contributed by atoms with E-state index in [1.54, 1.807) is 12.1 Å². The first-order valence-corrected chi connectivity index (χ1v) is 8.66. The zero-order valence-electron chi connectivity index (χ0n) is 16.5. The summed E-state index contributed by atoms with van der Waals surface area (Å²) in [6, 6.07) is 8.95. The summed E-state index contributed by atoms with van der Waals surface area (Å²) < 4.78 is 36.8. The van der Waals surface area contributed by atoms with Crippen LogP contribution in [0.1, 0.15) is 18.2 Å². The van der Waals surface area contributed by atoms with Gasteiger partial charge < -0.3 is 24.3 Å². The number of guanidine groups is 1. The van der Waals surface area contributed by atoms with Gasteiger partial charge in [-0.2, -0.15) is 8.78 Å². The maximum absolute atomic E-state index is 12.6. The number of halogens is 3. The second-order valence-electron chi connectivity index (χ2n) is 6.00. The van der Waals surface area contributed by atoms with Gasteiger partial charge in [0, 0.05) is 32.5 Å². The minimum atomic E-state index is -2.91. The Bertz CT molecular complexity index is 768. The molecule has 0 amide bonds. The lowest BCUT2D eigenvalue weighted by Gasteiger charge is -2.22. The lowest BCUT2D eigenvalue weighted by molar-refractivity contribution is -0.0512. The van der Waals surface area contributed by atoms with Crippen molar-refractivity contribution in [3.63, 3.8) is 0 Å². The van der Waals surface area contributed by atoms with Crippen LogP contribution >= 0.6 is 24.0 Å². The number of ether oxygens (including phenoxy) is 2. The Kier molecular flexibility index (Phi) is 10.0. The highest BCUT2D eigenvalue weighted by atomic mass is 127. The van der Waals surface area contributed by atoms with Crippen LogP contribution in [0, 0.1) is 0 Å². The van der Waals surface area contributed by atoms with E-state index >= 15 is 0 Å². The van der Waals surface area contributed by atoms with E-state index in [9.17, 15) is 8.78 Å². The van der Waals surface area contributed by atoms with Crippen LogP contribution in [0.2, 0.25) is 0 Å². The van der Waals surface area contributed by atoms with Crippen LogP contribution in [0.15, 0.2) is 41.5 Å². The molecule has 2 aromatic rings. The predicted octanol–water partition coefficient (Wildman–Crippen LogP) is 3.85. The molecule has 0 radical (unpaired) electrons. The summed E-state index contributed by atoms with van der Waals surface area (Å²) in [7, 11) is 5.36. The van der Waals surface area contributed by atoms with E-state index in [2.05, 4.69) is 25.7 Å². The predicted molar refractivity (Wildman–Crippen MR) is 117 cm³/mol. The highest BCUT2D eigenvalue weighted by Gasteiger charge is 2.12. The van der Waals surface area contributed by atoms with E-state index in [1.807, 2.05) is 38.2 Å². The summed E-state index contributed by atoms with van der Waals surface area (Å²) >= 11 is 0. The van der Waals surface area contributed by atoms with E-state index in [-0.39, 0.29) is 35.5 Å². The van der Waals surface area contributed by atoms with E-state index in [0.29, 0.717) is 13.1 Å². The maximum Gasteiger partial charge on any atom is 0.387 e. The Morgan fingerprint density at radius 3 is 2.61 bits per heavy atom. The van der Waals surface area contributed by atoms with Gasteiger partial charge in [0.1, 0.15) is 0 Å². The smallest absolute Gasteiger partial charge is 0.387 e. The maximum atomic E-state index is 12.6. The first-order valence-electron chi connectivity index (χ1n) is 8.66. The summed E-state index contributed by atoms with van der Waals surface area (Å²) in [6.45, 7) is 0.819. The molecule has 1 N–H and O–H groups in total. The zero-order valence-corrected chi connectivity index (χ0v) is 18.8. The van der Waals surface area contributed by atoms with Gasteiger partial charge >= 0.3 is 6.61 Å². The molecule has 28 heavy (non-hydrogen) atoms. The van der Waals surface area contributed by atoms with Crippen molar-refractivity contribution in [1.29, 1.82) is 0 Å². The molecule has 0 atom stereocenters. The van der Waals surface area contributed by atoms with Gasteiger partial charge in [0.25, 0.3) is 0 Å². The molecule has 6 nitrogen and oxygen atoms in total. The summed E-state index contributed by atoms with van der Waals surface area (Å²) in [4.78, 5) is 6.62. The molecule has 1 heterocycles. The van der Waals surface area contributed by atoms with E-state index in [1.165, 1.54) is 13.2 Å². The van der Waals surface area contributed by atoms with E-state index in [0.717, 1.165) is 23.8 Å². The third-order valence-electron chi connectivity index (χ3n) is 4.00. The largest absolute Gasteiger partial charge is 0.493 e. The van der Waals surface area contributed by atoms with Gasteiger partial charge in [-0.05, 0) is 36.8 Å². The molecule has 1 aromatic carbocycles. The normalized spacial score (nSPS) is 11.2. The number of methoxy groups -OCH3 is 1. The number of aromatic nitrogens is 1. The van der Waals surface area contributed by atoms with E-state index < -0.39 is 6.61 Å². The lowest BCUT2D eigenvalue weighted by atomic mass is 10.2. The quantitative estimate of drug-likeness (QED) is 0.335. The van der Waals surface area contributed by atoms with Crippen molar-refractivity contribution >= 4 is 29.9 Å². The third-order valence-corrected chi connectivity index (χ3v) is 4.00. The fourth-order valence-electron chi connectivity index (χ4n) is 2.62. The summed E-state index contributed by atoms with van der Waals surface area (Å²) in [5, 5.41) is 3.24. The summed E-state index contributed by atoms with van der Waals surface area (Å²) in [5.74, 6) is 0.990. The monoisotopic (exact) mass is 508 g/mol. The average Bonchev–Trinajstić information content (AvgIpc) is 3.03. The molecule has 0 saturated carbocycles. The number of nitrogens with zero attached hydrogens (tertiary/aromatic N) is 3. The SMILES string of the molecule is CCNC(=NCc1ccc(OC)c(OC(F)F)c1)N(C)Cc1cccn1C.I. The molecule has 0 aliphatic heterocycles. The van der Waals surface area contributed by atoms with Crippen LogP contribution in [0.4, 0.5) is 8.78 Å². The fraction of sp³-hybridized carbons (Fsp3) is 0.421. The molecule has 0 spiro atoms. The Morgan fingerprint density at radius 2 is 2.04 bits per heavy atom. The molecule has 0 aliphatic rings. The van der Waals surface area contributed by atoms with Crippen molar-refractivity contribution in [1.82, 2.24) is 14.8 Å². The van der Waals surface area contributed by atoms with Crippen LogP contribution < -0.4 is 14.8 Å². The van der Waals surface area contributed by atoms with Gasteiger partial charge in [0.05, 0.1) is 20.2 Å². The highest BCUT2D eigenvalue weighted by Crippen LogP contribution is 2.29. The average molecular weight is 508 g/mol. The number of benzene rings is 1. The molecule has 156 valence electrons.